The van der Waals surface area contributed by atoms with Gasteiger partial charge in [-0.3, -0.25) is 14.8 Å². The summed E-state index contributed by atoms with van der Waals surface area (Å²) in [7, 11) is -3.83. The van der Waals surface area contributed by atoms with Crippen molar-refractivity contribution in [2.24, 2.45) is 0 Å². The van der Waals surface area contributed by atoms with Gasteiger partial charge in [0.05, 0.1) is 26.4 Å². The summed E-state index contributed by atoms with van der Waals surface area (Å²) in [5.74, 6) is -0.435. The topological polar surface area (TPSA) is 88.2 Å². The number of anilines is 2. The molecule has 6 nitrogen and oxygen atoms in total. The molecule has 0 radical (unpaired) electrons. The average Bonchev–Trinajstić information content (AvgIpc) is 3.11. The van der Waals surface area contributed by atoms with Gasteiger partial charge in [-0.1, -0.05) is 47.2 Å². The van der Waals surface area contributed by atoms with E-state index in [2.05, 4.69) is 21.1 Å². The fraction of sp³-hybridized carbons (Fsp3) is 0.130. The van der Waals surface area contributed by atoms with E-state index in [-0.39, 0.29) is 16.1 Å². The van der Waals surface area contributed by atoms with Crippen LogP contribution in [-0.4, -0.2) is 19.3 Å². The lowest BCUT2D eigenvalue weighted by atomic mass is 10.1. The van der Waals surface area contributed by atoms with Crippen molar-refractivity contribution in [2.45, 2.75) is 25.7 Å². The number of aryl methyl sites for hydroxylation is 3. The summed E-state index contributed by atoms with van der Waals surface area (Å²) < 4.78 is 29.1. The highest BCUT2D eigenvalue weighted by atomic mass is 32.2. The van der Waals surface area contributed by atoms with Gasteiger partial charge in [-0.25, -0.2) is 13.4 Å². The second-order valence-electron chi connectivity index (χ2n) is 7.37. The molecular weight excluding hydrogens is 430 g/mol. The normalized spacial score (nSPS) is 11.5. The summed E-state index contributed by atoms with van der Waals surface area (Å²) in [5.41, 5.74) is 4.40. The van der Waals surface area contributed by atoms with Crippen LogP contribution in [0.4, 0.5) is 10.8 Å². The van der Waals surface area contributed by atoms with Gasteiger partial charge in [0.2, 0.25) is 0 Å². The third-order valence-electron chi connectivity index (χ3n) is 4.79. The average molecular weight is 452 g/mol. The number of para-hydroxylation sites is 1. The molecule has 0 saturated carbocycles. The molecule has 0 spiro atoms. The van der Waals surface area contributed by atoms with Crippen LogP contribution in [0.1, 0.15) is 27.0 Å². The molecule has 1 aromatic heterocycles. The fourth-order valence-corrected chi connectivity index (χ4v) is 5.28. The Morgan fingerprint density at radius 2 is 1.65 bits per heavy atom. The van der Waals surface area contributed by atoms with Crippen molar-refractivity contribution in [3.63, 3.8) is 0 Å². The number of hydrogen-bond acceptors (Lipinski definition) is 5. The molecule has 0 aliphatic carbocycles. The highest BCUT2D eigenvalue weighted by Crippen LogP contribution is 2.30. The van der Waals surface area contributed by atoms with Crippen LogP contribution in [0.15, 0.2) is 65.6 Å². The van der Waals surface area contributed by atoms with Crippen molar-refractivity contribution >= 4 is 48.3 Å². The first-order valence-electron chi connectivity index (χ1n) is 9.60. The second kappa shape index (κ2) is 8.13. The van der Waals surface area contributed by atoms with Gasteiger partial charge in [-0.15, -0.1) is 0 Å². The maximum atomic E-state index is 13.0. The highest BCUT2D eigenvalue weighted by Gasteiger charge is 2.19. The molecule has 31 heavy (non-hydrogen) atoms. The summed E-state index contributed by atoms with van der Waals surface area (Å²) in [4.78, 5) is 17.6. The minimum absolute atomic E-state index is 0.130. The second-order valence-corrected chi connectivity index (χ2v) is 10.0. The summed E-state index contributed by atoms with van der Waals surface area (Å²) in [6.45, 7) is 5.89. The molecule has 0 aliphatic heterocycles. The van der Waals surface area contributed by atoms with Gasteiger partial charge in [-0.2, -0.15) is 0 Å². The number of fused-ring (bicyclic) bond motifs is 1. The lowest BCUT2D eigenvalue weighted by Crippen LogP contribution is -2.18. The number of rotatable bonds is 5. The van der Waals surface area contributed by atoms with E-state index in [0.717, 1.165) is 26.9 Å². The minimum Gasteiger partial charge on any atom is -0.298 e. The van der Waals surface area contributed by atoms with Gasteiger partial charge in [0, 0.05) is 0 Å². The van der Waals surface area contributed by atoms with Crippen molar-refractivity contribution in [2.75, 3.05) is 10.0 Å². The van der Waals surface area contributed by atoms with Crippen LogP contribution in [0.25, 0.3) is 10.2 Å². The smallest absolute Gasteiger partial charge is 0.261 e. The zero-order valence-corrected chi connectivity index (χ0v) is 18.9. The van der Waals surface area contributed by atoms with Crippen molar-refractivity contribution in [3.8, 4) is 0 Å². The first-order valence-corrected chi connectivity index (χ1v) is 11.9. The molecule has 0 unspecified atom stereocenters. The van der Waals surface area contributed by atoms with Crippen molar-refractivity contribution < 1.29 is 13.2 Å². The van der Waals surface area contributed by atoms with Crippen LogP contribution in [-0.2, 0) is 10.0 Å². The zero-order chi connectivity index (χ0) is 22.2. The van der Waals surface area contributed by atoms with Gasteiger partial charge in [0.15, 0.2) is 5.13 Å². The first-order chi connectivity index (χ1) is 14.7. The lowest BCUT2D eigenvalue weighted by Gasteiger charge is -2.12. The van der Waals surface area contributed by atoms with Crippen LogP contribution in [0, 0.1) is 20.8 Å². The van der Waals surface area contributed by atoms with Gasteiger partial charge in [-0.05, 0) is 62.2 Å². The van der Waals surface area contributed by atoms with E-state index >= 15 is 0 Å². The van der Waals surface area contributed by atoms with E-state index in [1.54, 1.807) is 36.4 Å². The monoisotopic (exact) mass is 451 g/mol. The number of amides is 1. The van der Waals surface area contributed by atoms with Crippen LogP contribution in [0.2, 0.25) is 0 Å². The Bertz CT molecular complexity index is 1390. The Balaban J connectivity index is 1.61. The van der Waals surface area contributed by atoms with E-state index in [0.29, 0.717) is 5.13 Å². The summed E-state index contributed by atoms with van der Waals surface area (Å²) in [5, 5.41) is 3.26. The fourth-order valence-electron chi connectivity index (χ4n) is 3.29. The Morgan fingerprint density at radius 1 is 0.935 bits per heavy atom. The van der Waals surface area contributed by atoms with Crippen molar-refractivity contribution in [1.29, 1.82) is 0 Å². The number of sulfonamides is 1. The maximum Gasteiger partial charge on any atom is 0.261 e. The Labute approximate surface area is 185 Å². The number of nitrogens with zero attached hydrogens (tertiary/aromatic N) is 1. The number of thiazole rings is 1. The van der Waals surface area contributed by atoms with Crippen molar-refractivity contribution in [1.82, 2.24) is 4.98 Å². The van der Waals surface area contributed by atoms with Gasteiger partial charge < -0.3 is 0 Å². The minimum atomic E-state index is -3.83. The Hall–Kier alpha value is -3.23. The molecular formula is C23H21N3O3S2. The lowest BCUT2D eigenvalue weighted by molar-refractivity contribution is 0.102. The molecule has 3 aromatic carbocycles. The zero-order valence-electron chi connectivity index (χ0n) is 17.3. The van der Waals surface area contributed by atoms with Crippen LogP contribution in [0.5, 0.6) is 0 Å². The Morgan fingerprint density at radius 3 is 2.39 bits per heavy atom. The highest BCUT2D eigenvalue weighted by molar-refractivity contribution is 7.92. The van der Waals surface area contributed by atoms with Crippen LogP contribution >= 0.6 is 11.3 Å². The molecule has 1 heterocycles. The third-order valence-corrected chi connectivity index (χ3v) is 7.29. The largest absolute Gasteiger partial charge is 0.298 e. The molecule has 0 bridgehead atoms. The van der Waals surface area contributed by atoms with Crippen LogP contribution in [0.3, 0.4) is 0 Å². The SMILES string of the molecule is Cc1ccc(S(=O)(=O)Nc2ccccc2C(=O)Nc2nc3cc(C)cc(C)c3s2)cc1. The van der Waals surface area contributed by atoms with Crippen molar-refractivity contribution in [3.05, 3.63) is 82.9 Å². The number of nitrogens with one attached hydrogen (secondary N) is 2. The first kappa shape index (κ1) is 21.0. The van der Waals surface area contributed by atoms with Gasteiger partial charge >= 0.3 is 0 Å². The van der Waals surface area contributed by atoms with E-state index in [9.17, 15) is 13.2 Å². The van der Waals surface area contributed by atoms with Gasteiger partial charge in [0.1, 0.15) is 0 Å². The molecule has 4 rings (SSSR count). The predicted molar refractivity (Wildman–Crippen MR) is 125 cm³/mol. The standard InChI is InChI=1S/C23H21N3O3S2/c1-14-8-10-17(11-9-14)31(28,29)26-19-7-5-4-6-18(19)22(27)25-23-24-20-13-15(2)12-16(3)21(20)30-23/h4-13,26H,1-3H3,(H,24,25,27). The predicted octanol–water partition coefficient (Wildman–Crippen LogP) is 5.27. The number of benzene rings is 3. The summed E-state index contributed by atoms with van der Waals surface area (Å²) in [6.07, 6.45) is 0. The van der Waals surface area contributed by atoms with Crippen LogP contribution < -0.4 is 10.0 Å². The maximum absolute atomic E-state index is 13.0. The van der Waals surface area contributed by atoms with E-state index in [1.165, 1.54) is 23.5 Å². The summed E-state index contributed by atoms with van der Waals surface area (Å²) in [6, 6.07) is 17.1. The molecule has 4 aromatic rings. The molecule has 0 atom stereocenters. The molecule has 2 N–H and O–H groups in total. The number of carbonyl (C=O) groups is 1. The molecule has 8 heteroatoms. The number of aromatic nitrogens is 1. The molecule has 158 valence electrons. The van der Waals surface area contributed by atoms with E-state index < -0.39 is 15.9 Å². The quantitative estimate of drug-likeness (QED) is 0.432. The molecule has 0 saturated heterocycles. The molecule has 1 amide bonds. The van der Waals surface area contributed by atoms with E-state index in [4.69, 9.17) is 0 Å². The number of hydrogen-bond donors (Lipinski definition) is 2. The number of carbonyl (C=O) groups excluding carboxylic acids is 1. The van der Waals surface area contributed by atoms with E-state index in [1.807, 2.05) is 26.8 Å². The Kier molecular flexibility index (Phi) is 5.51. The summed E-state index contributed by atoms with van der Waals surface area (Å²) >= 11 is 1.39. The third kappa shape index (κ3) is 4.45. The molecule has 0 aliphatic rings. The molecule has 0 fully saturated rings. The van der Waals surface area contributed by atoms with Gasteiger partial charge in [0.25, 0.3) is 15.9 Å².